The van der Waals surface area contributed by atoms with Crippen LogP contribution in [0.4, 0.5) is 15.8 Å². The van der Waals surface area contributed by atoms with Crippen LogP contribution in [0.25, 0.3) is 6.08 Å². The van der Waals surface area contributed by atoms with E-state index in [1.807, 2.05) is 48.5 Å². The van der Waals surface area contributed by atoms with Gasteiger partial charge < -0.3 is 0 Å². The average Bonchev–Trinajstić information content (AvgIpc) is 3.06. The zero-order chi connectivity index (χ0) is 22.2. The molecule has 158 valence electrons. The molecule has 32 heavy (non-hydrogen) atoms. The first kappa shape index (κ1) is 20.9. The molecule has 0 aliphatic carbocycles. The lowest BCUT2D eigenvalue weighted by molar-refractivity contribution is -0.127. The number of carbonyl (C=O) groups is 2. The Morgan fingerprint density at radius 2 is 1.50 bits per heavy atom. The highest BCUT2D eigenvalue weighted by Gasteiger charge is 2.36. The van der Waals surface area contributed by atoms with Crippen molar-refractivity contribution >= 4 is 69.3 Å². The fraction of sp³-hybridized carbons (Fsp3) is 0.0417. The van der Waals surface area contributed by atoms with Crippen LogP contribution in [0.5, 0.6) is 0 Å². The van der Waals surface area contributed by atoms with E-state index in [0.717, 1.165) is 32.9 Å². The second-order valence-corrected chi connectivity index (χ2v) is 9.82. The Labute approximate surface area is 198 Å². The number of fused-ring (bicyclic) bond motifs is 2. The molecule has 1 fully saturated rings. The van der Waals surface area contributed by atoms with E-state index < -0.39 is 11.7 Å². The third kappa shape index (κ3) is 3.74. The lowest BCUT2D eigenvalue weighted by atomic mass is 10.2. The second kappa shape index (κ2) is 8.54. The Bertz CT molecular complexity index is 1260. The number of hydrogen-bond acceptors (Lipinski definition) is 5. The van der Waals surface area contributed by atoms with Crippen LogP contribution in [-0.4, -0.2) is 27.6 Å². The molecule has 2 amide bonds. The van der Waals surface area contributed by atoms with E-state index in [9.17, 15) is 14.0 Å². The largest absolute Gasteiger partial charge is 0.283 e. The van der Waals surface area contributed by atoms with Crippen LogP contribution in [0.2, 0.25) is 0 Å². The number of amides is 2. The van der Waals surface area contributed by atoms with Crippen molar-refractivity contribution in [3.8, 4) is 0 Å². The van der Waals surface area contributed by atoms with E-state index in [0.29, 0.717) is 10.5 Å². The lowest BCUT2D eigenvalue weighted by Gasteiger charge is -2.32. The highest BCUT2D eigenvalue weighted by Crippen LogP contribution is 2.48. The third-order valence-corrected chi connectivity index (χ3v) is 7.55. The van der Waals surface area contributed by atoms with Gasteiger partial charge in [0.1, 0.15) is 16.7 Å². The summed E-state index contributed by atoms with van der Waals surface area (Å²) in [6, 6.07) is 21.5. The number of anilines is 2. The van der Waals surface area contributed by atoms with Crippen molar-refractivity contribution in [3.63, 3.8) is 0 Å². The van der Waals surface area contributed by atoms with Gasteiger partial charge in [-0.05, 0) is 36.4 Å². The fourth-order valence-corrected chi connectivity index (χ4v) is 5.85. The number of para-hydroxylation sites is 2. The molecule has 3 aromatic carbocycles. The molecule has 2 aliphatic rings. The number of thioether (sulfide) groups is 1. The molecule has 0 unspecified atom stereocenters. The molecule has 4 nitrogen and oxygen atoms in total. The molecule has 0 saturated carbocycles. The van der Waals surface area contributed by atoms with Crippen LogP contribution in [0.15, 0.2) is 87.5 Å². The van der Waals surface area contributed by atoms with E-state index in [1.54, 1.807) is 34.9 Å². The van der Waals surface area contributed by atoms with Crippen LogP contribution in [0.1, 0.15) is 5.56 Å². The minimum Gasteiger partial charge on any atom is -0.283 e. The summed E-state index contributed by atoms with van der Waals surface area (Å²) in [6.45, 7) is -0.202. The number of halogens is 1. The highest BCUT2D eigenvalue weighted by atomic mass is 32.2. The SMILES string of the molecule is O=C1C(=Cc2ccccc2F)SC(=S)N1CC(=O)N1c2ccccc2Sc2ccccc21. The van der Waals surface area contributed by atoms with Gasteiger partial charge >= 0.3 is 0 Å². The summed E-state index contributed by atoms with van der Waals surface area (Å²) in [6.07, 6.45) is 1.47. The van der Waals surface area contributed by atoms with Gasteiger partial charge in [-0.25, -0.2) is 4.39 Å². The van der Waals surface area contributed by atoms with E-state index >= 15 is 0 Å². The van der Waals surface area contributed by atoms with Crippen molar-refractivity contribution in [3.05, 3.63) is 89.1 Å². The van der Waals surface area contributed by atoms with Gasteiger partial charge in [0.15, 0.2) is 0 Å². The minimum absolute atomic E-state index is 0.202. The van der Waals surface area contributed by atoms with E-state index in [4.69, 9.17) is 12.2 Å². The predicted molar refractivity (Wildman–Crippen MR) is 130 cm³/mol. The Balaban J connectivity index is 1.44. The third-order valence-electron chi connectivity index (χ3n) is 5.04. The van der Waals surface area contributed by atoms with Gasteiger partial charge in [0.2, 0.25) is 0 Å². The number of nitrogens with zero attached hydrogens (tertiary/aromatic N) is 2. The van der Waals surface area contributed by atoms with E-state index in [1.165, 1.54) is 17.0 Å². The summed E-state index contributed by atoms with van der Waals surface area (Å²) in [7, 11) is 0. The number of benzene rings is 3. The monoisotopic (exact) mass is 478 g/mol. The van der Waals surface area contributed by atoms with Crippen LogP contribution >= 0.6 is 35.7 Å². The smallest absolute Gasteiger partial charge is 0.266 e. The molecule has 2 heterocycles. The maximum atomic E-state index is 14.0. The summed E-state index contributed by atoms with van der Waals surface area (Å²) >= 11 is 8.05. The van der Waals surface area contributed by atoms with Crippen molar-refractivity contribution in [1.82, 2.24) is 4.90 Å². The van der Waals surface area contributed by atoms with Gasteiger partial charge in [0.25, 0.3) is 11.8 Å². The van der Waals surface area contributed by atoms with Gasteiger partial charge in [-0.1, -0.05) is 78.2 Å². The van der Waals surface area contributed by atoms with Gasteiger partial charge in [0, 0.05) is 15.4 Å². The molecule has 0 N–H and O–H groups in total. The first-order valence-corrected chi connectivity index (χ1v) is 11.8. The van der Waals surface area contributed by atoms with Crippen LogP contribution in [-0.2, 0) is 9.59 Å². The number of thiocarbonyl (C=S) groups is 1. The normalized spacial score (nSPS) is 16.3. The van der Waals surface area contributed by atoms with E-state index in [2.05, 4.69) is 0 Å². The summed E-state index contributed by atoms with van der Waals surface area (Å²) in [5.41, 5.74) is 1.84. The molecule has 3 aromatic rings. The molecule has 0 bridgehead atoms. The molecule has 0 aromatic heterocycles. The quantitative estimate of drug-likeness (QED) is 0.349. The number of hydrogen-bond donors (Lipinski definition) is 0. The molecule has 2 aliphatic heterocycles. The average molecular weight is 479 g/mol. The topological polar surface area (TPSA) is 40.6 Å². The summed E-state index contributed by atoms with van der Waals surface area (Å²) < 4.78 is 14.3. The van der Waals surface area contributed by atoms with Gasteiger partial charge in [-0.2, -0.15) is 0 Å². The van der Waals surface area contributed by atoms with Gasteiger partial charge in [-0.3, -0.25) is 19.4 Å². The van der Waals surface area contributed by atoms with Crippen molar-refractivity contribution in [2.75, 3.05) is 11.4 Å². The van der Waals surface area contributed by atoms with Crippen LogP contribution in [0.3, 0.4) is 0 Å². The first-order chi connectivity index (χ1) is 15.5. The molecule has 0 atom stereocenters. The maximum Gasteiger partial charge on any atom is 0.266 e. The molecule has 0 spiro atoms. The summed E-state index contributed by atoms with van der Waals surface area (Å²) in [4.78, 5) is 31.6. The summed E-state index contributed by atoms with van der Waals surface area (Å²) in [5.74, 6) is -1.09. The Morgan fingerprint density at radius 1 is 0.906 bits per heavy atom. The minimum atomic E-state index is -0.423. The van der Waals surface area contributed by atoms with Gasteiger partial charge in [-0.15, -0.1) is 0 Å². The molecule has 1 saturated heterocycles. The molecule has 8 heteroatoms. The fourth-order valence-electron chi connectivity index (χ4n) is 3.55. The zero-order valence-corrected chi connectivity index (χ0v) is 19.0. The van der Waals surface area contributed by atoms with Crippen LogP contribution < -0.4 is 4.90 Å². The second-order valence-electron chi connectivity index (χ2n) is 7.06. The molecule has 5 rings (SSSR count). The molecular weight excluding hydrogens is 463 g/mol. The maximum absolute atomic E-state index is 14.0. The van der Waals surface area contributed by atoms with Crippen molar-refractivity contribution in [2.45, 2.75) is 9.79 Å². The summed E-state index contributed by atoms with van der Waals surface area (Å²) in [5, 5.41) is 0. The Kier molecular flexibility index (Phi) is 5.58. The molecule has 0 radical (unpaired) electrons. The van der Waals surface area contributed by atoms with E-state index in [-0.39, 0.29) is 16.8 Å². The van der Waals surface area contributed by atoms with Crippen LogP contribution in [0, 0.1) is 5.82 Å². The Morgan fingerprint density at radius 3 is 2.16 bits per heavy atom. The number of carbonyl (C=O) groups excluding carboxylic acids is 2. The van der Waals surface area contributed by atoms with Crippen molar-refractivity contribution in [2.24, 2.45) is 0 Å². The van der Waals surface area contributed by atoms with Crippen molar-refractivity contribution in [1.29, 1.82) is 0 Å². The van der Waals surface area contributed by atoms with Gasteiger partial charge in [0.05, 0.1) is 16.3 Å². The standard InChI is InChI=1S/C24H15FN2O2S3/c25-16-8-2-1-7-15(16)13-21-23(29)26(24(30)32-21)14-22(28)27-17-9-3-5-11-19(17)31-20-12-6-4-10-18(20)27/h1-13H,14H2. The Hall–Kier alpha value is -2.94. The highest BCUT2D eigenvalue weighted by molar-refractivity contribution is 8.26. The zero-order valence-electron chi connectivity index (χ0n) is 16.5. The lowest BCUT2D eigenvalue weighted by Crippen LogP contribution is -2.41. The van der Waals surface area contributed by atoms with Crippen molar-refractivity contribution < 1.29 is 14.0 Å². The predicted octanol–water partition coefficient (Wildman–Crippen LogP) is 5.86. The first-order valence-electron chi connectivity index (χ1n) is 9.72. The number of rotatable bonds is 3. The molecular formula is C24H15FN2O2S3.